The number of carbonyl (C=O) groups excluding carboxylic acids is 1. The lowest BCUT2D eigenvalue weighted by Crippen LogP contribution is -2.63. The standard InChI is InChI=1S/C24H30N2O4/c1-25(14-18-7-5-4-6-8-18)20-13-24(30-15-20)16-26(17-24)23(27)12-19-11-21(28-2)9-10-22(19)29-3/h4-11,20H,12-17H2,1-3H3. The maximum absolute atomic E-state index is 12.8. The van der Waals surface area contributed by atoms with Gasteiger partial charge >= 0.3 is 0 Å². The maximum Gasteiger partial charge on any atom is 0.227 e. The molecule has 2 aliphatic rings. The van der Waals surface area contributed by atoms with Gasteiger partial charge in [0.05, 0.1) is 40.3 Å². The number of hydrogen-bond acceptors (Lipinski definition) is 5. The van der Waals surface area contributed by atoms with Crippen molar-refractivity contribution in [2.45, 2.75) is 31.0 Å². The van der Waals surface area contributed by atoms with Crippen LogP contribution in [0.2, 0.25) is 0 Å². The highest BCUT2D eigenvalue weighted by Gasteiger charge is 2.51. The van der Waals surface area contributed by atoms with Crippen LogP contribution in [0.3, 0.4) is 0 Å². The average molecular weight is 411 g/mol. The third kappa shape index (κ3) is 4.30. The third-order valence-electron chi connectivity index (χ3n) is 6.23. The third-order valence-corrected chi connectivity index (χ3v) is 6.23. The highest BCUT2D eigenvalue weighted by molar-refractivity contribution is 5.80. The first kappa shape index (κ1) is 20.7. The van der Waals surface area contributed by atoms with E-state index in [9.17, 15) is 4.79 Å². The van der Waals surface area contributed by atoms with E-state index in [1.54, 1.807) is 14.2 Å². The van der Waals surface area contributed by atoms with Gasteiger partial charge in [-0.3, -0.25) is 9.69 Å². The number of benzene rings is 2. The summed E-state index contributed by atoms with van der Waals surface area (Å²) in [5.41, 5.74) is 1.96. The normalized spacial score (nSPS) is 19.7. The minimum absolute atomic E-state index is 0.0943. The summed E-state index contributed by atoms with van der Waals surface area (Å²) in [6.45, 7) is 2.94. The highest BCUT2D eigenvalue weighted by atomic mass is 16.5. The molecular weight excluding hydrogens is 380 g/mol. The summed E-state index contributed by atoms with van der Waals surface area (Å²) in [5.74, 6) is 1.53. The second-order valence-corrected chi connectivity index (χ2v) is 8.36. The molecule has 30 heavy (non-hydrogen) atoms. The molecular formula is C24H30N2O4. The van der Waals surface area contributed by atoms with Crippen molar-refractivity contribution in [2.24, 2.45) is 0 Å². The molecule has 0 aliphatic carbocycles. The first-order chi connectivity index (χ1) is 14.5. The summed E-state index contributed by atoms with van der Waals surface area (Å²) >= 11 is 0. The Morgan fingerprint density at radius 1 is 1.17 bits per heavy atom. The molecule has 2 fully saturated rings. The van der Waals surface area contributed by atoms with E-state index in [0.29, 0.717) is 31.3 Å². The Labute approximate surface area is 178 Å². The Bertz CT molecular complexity index is 880. The van der Waals surface area contributed by atoms with Crippen molar-refractivity contribution in [2.75, 3.05) is 41.0 Å². The van der Waals surface area contributed by atoms with Crippen molar-refractivity contribution in [1.82, 2.24) is 9.80 Å². The average Bonchev–Trinajstić information content (AvgIpc) is 3.19. The van der Waals surface area contributed by atoms with Crippen LogP contribution in [-0.4, -0.2) is 68.3 Å². The molecule has 2 aliphatic heterocycles. The molecule has 6 nitrogen and oxygen atoms in total. The van der Waals surface area contributed by atoms with E-state index in [1.807, 2.05) is 29.2 Å². The van der Waals surface area contributed by atoms with Crippen LogP contribution >= 0.6 is 0 Å². The molecule has 0 saturated carbocycles. The van der Waals surface area contributed by atoms with E-state index < -0.39 is 0 Å². The molecule has 1 amide bonds. The number of methoxy groups -OCH3 is 2. The van der Waals surface area contributed by atoms with Crippen LogP contribution in [0.15, 0.2) is 48.5 Å². The minimum atomic E-state index is -0.191. The van der Waals surface area contributed by atoms with Gasteiger partial charge in [0.25, 0.3) is 0 Å². The zero-order valence-corrected chi connectivity index (χ0v) is 18.0. The second kappa shape index (κ2) is 8.66. The van der Waals surface area contributed by atoms with Gasteiger partial charge in [-0.1, -0.05) is 30.3 Å². The molecule has 2 aromatic carbocycles. The molecule has 0 bridgehead atoms. The van der Waals surface area contributed by atoms with Gasteiger partial charge in [0.2, 0.25) is 5.91 Å². The fraction of sp³-hybridized carbons (Fsp3) is 0.458. The van der Waals surface area contributed by atoms with E-state index in [-0.39, 0.29) is 11.5 Å². The zero-order chi connectivity index (χ0) is 21.1. The Hall–Kier alpha value is -2.57. The summed E-state index contributed by atoms with van der Waals surface area (Å²) in [5, 5.41) is 0. The SMILES string of the molecule is COc1ccc(OC)c(CC(=O)N2CC3(CC(N(C)Cc4ccccc4)CO3)C2)c1. The number of nitrogens with zero attached hydrogens (tertiary/aromatic N) is 2. The minimum Gasteiger partial charge on any atom is -0.497 e. The van der Waals surface area contributed by atoms with Crippen molar-refractivity contribution >= 4 is 5.91 Å². The molecule has 1 spiro atoms. The fourth-order valence-corrected chi connectivity index (χ4v) is 4.44. The van der Waals surface area contributed by atoms with Gasteiger partial charge in [-0.25, -0.2) is 0 Å². The summed E-state index contributed by atoms with van der Waals surface area (Å²) < 4.78 is 16.9. The van der Waals surface area contributed by atoms with Crippen molar-refractivity contribution in [3.63, 3.8) is 0 Å². The smallest absolute Gasteiger partial charge is 0.227 e. The van der Waals surface area contributed by atoms with E-state index in [4.69, 9.17) is 14.2 Å². The van der Waals surface area contributed by atoms with Crippen LogP contribution in [0.4, 0.5) is 0 Å². The summed E-state index contributed by atoms with van der Waals surface area (Å²) in [7, 11) is 5.39. The lowest BCUT2D eigenvalue weighted by molar-refractivity contribution is -0.157. The molecule has 0 aromatic heterocycles. The number of rotatable bonds is 7. The number of ether oxygens (including phenoxy) is 3. The Morgan fingerprint density at radius 3 is 2.63 bits per heavy atom. The highest BCUT2D eigenvalue weighted by Crippen LogP contribution is 2.37. The van der Waals surface area contributed by atoms with Crippen LogP contribution in [0.1, 0.15) is 17.5 Å². The van der Waals surface area contributed by atoms with Crippen molar-refractivity contribution < 1.29 is 19.0 Å². The predicted molar refractivity (Wildman–Crippen MR) is 115 cm³/mol. The van der Waals surface area contributed by atoms with Gasteiger partial charge in [0, 0.05) is 18.2 Å². The molecule has 1 unspecified atom stereocenters. The van der Waals surface area contributed by atoms with E-state index in [0.717, 1.165) is 30.9 Å². The summed E-state index contributed by atoms with van der Waals surface area (Å²) in [6.07, 6.45) is 1.26. The van der Waals surface area contributed by atoms with Crippen LogP contribution in [-0.2, 0) is 22.5 Å². The Morgan fingerprint density at radius 2 is 1.93 bits per heavy atom. The van der Waals surface area contributed by atoms with Crippen molar-refractivity contribution in [3.8, 4) is 11.5 Å². The van der Waals surface area contributed by atoms with E-state index in [2.05, 4.69) is 36.2 Å². The molecule has 0 radical (unpaired) electrons. The number of amides is 1. The predicted octanol–water partition coefficient (Wildman–Crippen LogP) is 2.75. The van der Waals surface area contributed by atoms with Crippen LogP contribution in [0.5, 0.6) is 11.5 Å². The van der Waals surface area contributed by atoms with E-state index in [1.165, 1.54) is 5.56 Å². The number of likely N-dealkylation sites (N-methyl/N-ethyl adjacent to an activating group) is 1. The second-order valence-electron chi connectivity index (χ2n) is 8.36. The van der Waals surface area contributed by atoms with Gasteiger partial charge in [-0.05, 0) is 37.2 Å². The molecule has 2 heterocycles. The summed E-state index contributed by atoms with van der Waals surface area (Å²) in [6, 6.07) is 16.4. The van der Waals surface area contributed by atoms with E-state index >= 15 is 0 Å². The first-order valence-electron chi connectivity index (χ1n) is 10.4. The van der Waals surface area contributed by atoms with Gasteiger partial charge in [-0.15, -0.1) is 0 Å². The van der Waals surface area contributed by atoms with Crippen LogP contribution < -0.4 is 9.47 Å². The summed E-state index contributed by atoms with van der Waals surface area (Å²) in [4.78, 5) is 17.1. The maximum atomic E-state index is 12.8. The quantitative estimate of drug-likeness (QED) is 0.703. The lowest BCUT2D eigenvalue weighted by atomic mass is 9.88. The van der Waals surface area contributed by atoms with Gasteiger partial charge < -0.3 is 19.1 Å². The van der Waals surface area contributed by atoms with Crippen molar-refractivity contribution in [3.05, 3.63) is 59.7 Å². The van der Waals surface area contributed by atoms with Crippen molar-refractivity contribution in [1.29, 1.82) is 0 Å². The largest absolute Gasteiger partial charge is 0.497 e. The van der Waals surface area contributed by atoms with Crippen LogP contribution in [0.25, 0.3) is 0 Å². The monoisotopic (exact) mass is 410 g/mol. The molecule has 160 valence electrons. The van der Waals surface area contributed by atoms with Gasteiger partial charge in [0.15, 0.2) is 0 Å². The lowest BCUT2D eigenvalue weighted by Gasteiger charge is -2.47. The number of likely N-dealkylation sites (tertiary alicyclic amines) is 1. The van der Waals surface area contributed by atoms with Crippen LogP contribution in [0, 0.1) is 0 Å². The molecule has 4 rings (SSSR count). The number of carbonyl (C=O) groups is 1. The Balaban J connectivity index is 1.31. The molecule has 0 N–H and O–H groups in total. The Kier molecular flexibility index (Phi) is 5.97. The number of hydrogen-bond donors (Lipinski definition) is 0. The first-order valence-corrected chi connectivity index (χ1v) is 10.4. The molecule has 6 heteroatoms. The van der Waals surface area contributed by atoms with Gasteiger partial charge in [0.1, 0.15) is 17.1 Å². The fourth-order valence-electron chi connectivity index (χ4n) is 4.44. The van der Waals surface area contributed by atoms with Gasteiger partial charge in [-0.2, -0.15) is 0 Å². The molecule has 2 saturated heterocycles. The topological polar surface area (TPSA) is 51.2 Å². The zero-order valence-electron chi connectivity index (χ0n) is 18.0. The molecule has 1 atom stereocenters. The molecule has 2 aromatic rings.